The fourth-order valence-electron chi connectivity index (χ4n) is 1.45. The predicted octanol–water partition coefficient (Wildman–Crippen LogP) is 0.691. The molecule has 1 atom stereocenters. The maximum Gasteiger partial charge on any atom is 0.251 e. The van der Waals surface area contributed by atoms with E-state index in [1.807, 2.05) is 0 Å². The quantitative estimate of drug-likeness (QED) is 0.607. The van der Waals surface area contributed by atoms with Gasteiger partial charge >= 0.3 is 0 Å². The molecule has 4 N–H and O–H groups in total. The van der Waals surface area contributed by atoms with Crippen molar-refractivity contribution in [2.45, 2.75) is 6.04 Å². The SMILES string of the molecule is COCC(N)C(=O)NCCNC(=O)c1ccc(Br)cc1.Cl. The second-order valence-corrected chi connectivity index (χ2v) is 5.03. The van der Waals surface area contributed by atoms with Crippen LogP contribution >= 0.6 is 28.3 Å². The summed E-state index contributed by atoms with van der Waals surface area (Å²) in [6.07, 6.45) is 0. The lowest BCUT2D eigenvalue weighted by atomic mass is 10.2. The lowest BCUT2D eigenvalue weighted by Gasteiger charge is -2.11. The fourth-order valence-corrected chi connectivity index (χ4v) is 1.72. The largest absolute Gasteiger partial charge is 0.383 e. The Hall–Kier alpha value is -1.15. The molecular weight excluding hydrogens is 362 g/mol. The minimum absolute atomic E-state index is 0. The topological polar surface area (TPSA) is 93.4 Å². The molecule has 0 aliphatic heterocycles. The molecule has 0 radical (unpaired) electrons. The summed E-state index contributed by atoms with van der Waals surface area (Å²) in [5, 5.41) is 5.32. The summed E-state index contributed by atoms with van der Waals surface area (Å²) in [4.78, 5) is 23.2. The Kier molecular flexibility index (Phi) is 9.98. The van der Waals surface area contributed by atoms with Crippen LogP contribution in [0.1, 0.15) is 10.4 Å². The Morgan fingerprint density at radius 3 is 2.38 bits per heavy atom. The fraction of sp³-hybridized carbons (Fsp3) is 0.385. The highest BCUT2D eigenvalue weighted by molar-refractivity contribution is 9.10. The van der Waals surface area contributed by atoms with Crippen LogP contribution in [-0.2, 0) is 9.53 Å². The molecule has 0 aromatic heterocycles. The molecule has 8 heteroatoms. The number of carbonyl (C=O) groups is 2. The highest BCUT2D eigenvalue weighted by Gasteiger charge is 2.12. The first kappa shape index (κ1) is 19.9. The van der Waals surface area contributed by atoms with E-state index in [0.29, 0.717) is 18.7 Å². The summed E-state index contributed by atoms with van der Waals surface area (Å²) in [6, 6.07) is 6.32. The molecule has 0 fully saturated rings. The van der Waals surface area contributed by atoms with Crippen LogP contribution in [-0.4, -0.2) is 44.7 Å². The minimum Gasteiger partial charge on any atom is -0.383 e. The van der Waals surface area contributed by atoms with E-state index in [4.69, 9.17) is 10.5 Å². The molecule has 1 aromatic carbocycles. The smallest absolute Gasteiger partial charge is 0.251 e. The molecule has 1 unspecified atom stereocenters. The number of methoxy groups -OCH3 is 1. The zero-order chi connectivity index (χ0) is 15.0. The highest BCUT2D eigenvalue weighted by Crippen LogP contribution is 2.10. The number of rotatable bonds is 7. The number of nitrogens with two attached hydrogens (primary N) is 1. The van der Waals surface area contributed by atoms with Crippen molar-refractivity contribution in [3.05, 3.63) is 34.3 Å². The molecule has 0 aliphatic rings. The van der Waals surface area contributed by atoms with Gasteiger partial charge in [-0.3, -0.25) is 9.59 Å². The number of ether oxygens (including phenoxy) is 1. The Bertz CT molecular complexity index is 456. The third-order valence-corrected chi connectivity index (χ3v) is 3.03. The Balaban J connectivity index is 0.00000400. The number of benzene rings is 1. The van der Waals surface area contributed by atoms with Crippen LogP contribution in [0.15, 0.2) is 28.7 Å². The van der Waals surface area contributed by atoms with Crippen molar-refractivity contribution in [3.8, 4) is 0 Å². The third-order valence-electron chi connectivity index (χ3n) is 2.50. The second kappa shape index (κ2) is 10.6. The van der Waals surface area contributed by atoms with Gasteiger partial charge in [0.25, 0.3) is 5.91 Å². The molecule has 0 saturated carbocycles. The van der Waals surface area contributed by atoms with E-state index in [0.717, 1.165) is 4.47 Å². The van der Waals surface area contributed by atoms with Gasteiger partial charge in [-0.15, -0.1) is 12.4 Å². The van der Waals surface area contributed by atoms with E-state index in [-0.39, 0.29) is 30.8 Å². The van der Waals surface area contributed by atoms with Gasteiger partial charge in [-0.1, -0.05) is 15.9 Å². The predicted molar refractivity (Wildman–Crippen MR) is 86.6 cm³/mol. The van der Waals surface area contributed by atoms with Gasteiger partial charge in [0.2, 0.25) is 5.91 Å². The molecule has 0 spiro atoms. The first-order valence-electron chi connectivity index (χ1n) is 6.10. The number of nitrogens with one attached hydrogen (secondary N) is 2. The van der Waals surface area contributed by atoms with Crippen molar-refractivity contribution in [3.63, 3.8) is 0 Å². The average molecular weight is 381 g/mol. The van der Waals surface area contributed by atoms with Crippen LogP contribution in [0.4, 0.5) is 0 Å². The van der Waals surface area contributed by atoms with E-state index < -0.39 is 6.04 Å². The zero-order valence-electron chi connectivity index (χ0n) is 11.6. The Morgan fingerprint density at radius 1 is 1.24 bits per heavy atom. The summed E-state index contributed by atoms with van der Waals surface area (Å²) in [5.74, 6) is -0.488. The molecule has 1 rings (SSSR count). The summed E-state index contributed by atoms with van der Waals surface area (Å²) >= 11 is 3.30. The maximum atomic E-state index is 11.8. The number of halogens is 2. The van der Waals surface area contributed by atoms with Crippen LogP contribution in [0.5, 0.6) is 0 Å². The van der Waals surface area contributed by atoms with Gasteiger partial charge < -0.3 is 21.1 Å². The average Bonchev–Trinajstić information content (AvgIpc) is 2.44. The van der Waals surface area contributed by atoms with Crippen molar-refractivity contribution in [1.29, 1.82) is 0 Å². The van der Waals surface area contributed by atoms with Gasteiger partial charge in [0, 0.05) is 30.2 Å². The van der Waals surface area contributed by atoms with E-state index in [1.165, 1.54) is 7.11 Å². The molecule has 2 amide bonds. The second-order valence-electron chi connectivity index (χ2n) is 4.12. The summed E-state index contributed by atoms with van der Waals surface area (Å²) < 4.78 is 5.69. The van der Waals surface area contributed by atoms with Crippen molar-refractivity contribution in [2.75, 3.05) is 26.8 Å². The maximum absolute atomic E-state index is 11.8. The van der Waals surface area contributed by atoms with E-state index in [9.17, 15) is 9.59 Å². The van der Waals surface area contributed by atoms with Crippen LogP contribution in [0, 0.1) is 0 Å². The lowest BCUT2D eigenvalue weighted by molar-refractivity contribution is -0.123. The van der Waals surface area contributed by atoms with Crippen LogP contribution in [0.3, 0.4) is 0 Å². The van der Waals surface area contributed by atoms with Crippen molar-refractivity contribution < 1.29 is 14.3 Å². The number of amides is 2. The normalized spacial score (nSPS) is 11.2. The number of hydrogen-bond acceptors (Lipinski definition) is 4. The molecule has 118 valence electrons. The monoisotopic (exact) mass is 379 g/mol. The number of hydrogen-bond donors (Lipinski definition) is 3. The van der Waals surface area contributed by atoms with Gasteiger partial charge in [0.05, 0.1) is 6.61 Å². The van der Waals surface area contributed by atoms with Crippen LogP contribution < -0.4 is 16.4 Å². The molecule has 6 nitrogen and oxygen atoms in total. The van der Waals surface area contributed by atoms with Crippen molar-refractivity contribution in [2.24, 2.45) is 5.73 Å². The van der Waals surface area contributed by atoms with Gasteiger partial charge in [-0.25, -0.2) is 0 Å². The summed E-state index contributed by atoms with van der Waals surface area (Å²) in [6.45, 7) is 0.815. The van der Waals surface area contributed by atoms with E-state index in [1.54, 1.807) is 24.3 Å². The van der Waals surface area contributed by atoms with E-state index in [2.05, 4.69) is 26.6 Å². The Labute approximate surface area is 138 Å². The minimum atomic E-state index is -0.692. The van der Waals surface area contributed by atoms with Gasteiger partial charge in [0.15, 0.2) is 0 Å². The number of carbonyl (C=O) groups excluding carboxylic acids is 2. The van der Waals surface area contributed by atoms with Crippen LogP contribution in [0.25, 0.3) is 0 Å². The zero-order valence-corrected chi connectivity index (χ0v) is 14.0. The van der Waals surface area contributed by atoms with Gasteiger partial charge in [-0.2, -0.15) is 0 Å². The standard InChI is InChI=1S/C13H18BrN3O3.ClH/c1-20-8-11(15)13(19)17-7-6-16-12(18)9-2-4-10(14)5-3-9;/h2-5,11H,6-8,15H2,1H3,(H,16,18)(H,17,19);1H. The Morgan fingerprint density at radius 2 is 1.81 bits per heavy atom. The molecule has 0 bridgehead atoms. The summed E-state index contributed by atoms with van der Waals surface area (Å²) in [5.41, 5.74) is 6.11. The molecule has 0 heterocycles. The highest BCUT2D eigenvalue weighted by atomic mass is 79.9. The van der Waals surface area contributed by atoms with Gasteiger partial charge in [0.1, 0.15) is 6.04 Å². The summed E-state index contributed by atoms with van der Waals surface area (Å²) in [7, 11) is 1.48. The molecule has 0 aliphatic carbocycles. The van der Waals surface area contributed by atoms with E-state index >= 15 is 0 Å². The first-order chi connectivity index (χ1) is 9.54. The first-order valence-corrected chi connectivity index (χ1v) is 6.90. The molecular formula is C13H19BrClN3O3. The van der Waals surface area contributed by atoms with Crippen LogP contribution in [0.2, 0.25) is 0 Å². The third kappa shape index (κ3) is 7.42. The molecule has 21 heavy (non-hydrogen) atoms. The molecule has 1 aromatic rings. The lowest BCUT2D eigenvalue weighted by Crippen LogP contribution is -2.45. The van der Waals surface area contributed by atoms with Gasteiger partial charge in [-0.05, 0) is 24.3 Å². The van der Waals surface area contributed by atoms with Crippen molar-refractivity contribution in [1.82, 2.24) is 10.6 Å². The molecule has 0 saturated heterocycles. The van der Waals surface area contributed by atoms with Crippen molar-refractivity contribution >= 4 is 40.2 Å².